The van der Waals surface area contributed by atoms with Gasteiger partial charge in [0.2, 0.25) is 0 Å². The number of hydrogen-bond donors (Lipinski definition) is 2. The summed E-state index contributed by atoms with van der Waals surface area (Å²) in [6.07, 6.45) is 0. The quantitative estimate of drug-likeness (QED) is 0.490. The van der Waals surface area contributed by atoms with Crippen molar-refractivity contribution in [3.63, 3.8) is 0 Å². The molecule has 4 amide bonds. The van der Waals surface area contributed by atoms with Crippen LogP contribution in [0.5, 0.6) is 0 Å². The monoisotopic (exact) mass is 161 g/mol. The molecule has 56 valence electrons. The van der Waals surface area contributed by atoms with Crippen molar-refractivity contribution < 1.29 is 9.59 Å². The van der Waals surface area contributed by atoms with E-state index in [1.54, 1.807) is 0 Å². The van der Waals surface area contributed by atoms with E-state index in [1.807, 2.05) is 0 Å². The number of urea groups is 2. The molecule has 5 nitrogen and oxygen atoms in total. The Hall–Kier alpha value is -0.910. The molecule has 1 aliphatic heterocycles. The third-order valence-electron chi connectivity index (χ3n) is 1.000. The molecule has 0 atom stereocenters. The number of imide groups is 1. The average Bonchev–Trinajstić information content (AvgIpc) is 2.34. The van der Waals surface area contributed by atoms with Gasteiger partial charge in [-0.3, -0.25) is 0 Å². The van der Waals surface area contributed by atoms with Crippen LogP contribution in [0, 0.1) is 0 Å². The van der Waals surface area contributed by atoms with Crippen molar-refractivity contribution in [1.82, 2.24) is 14.9 Å². The van der Waals surface area contributed by atoms with Gasteiger partial charge in [-0.05, 0) is 11.9 Å². The van der Waals surface area contributed by atoms with E-state index in [-0.39, 0.29) is 12.1 Å². The van der Waals surface area contributed by atoms with Gasteiger partial charge >= 0.3 is 12.1 Å². The molecule has 1 aliphatic rings. The van der Waals surface area contributed by atoms with Gasteiger partial charge < -0.3 is 10.6 Å². The van der Waals surface area contributed by atoms with Crippen LogP contribution in [0.1, 0.15) is 0 Å². The Balaban J connectivity index is 2.55. The summed E-state index contributed by atoms with van der Waals surface area (Å²) in [6, 6.07) is -0.746. The summed E-state index contributed by atoms with van der Waals surface area (Å²) >= 11 is 1.14. The molecule has 0 radical (unpaired) electrons. The van der Waals surface area contributed by atoms with Crippen LogP contribution in [0.15, 0.2) is 0 Å². The van der Waals surface area contributed by atoms with Crippen molar-refractivity contribution in [3.8, 4) is 0 Å². The molecule has 2 N–H and O–H groups in total. The summed E-state index contributed by atoms with van der Waals surface area (Å²) in [5.41, 5.74) is 0. The molecule has 1 saturated heterocycles. The molecule has 0 unspecified atom stereocenters. The van der Waals surface area contributed by atoms with E-state index in [0.29, 0.717) is 5.88 Å². The normalized spacial score (nSPS) is 16.9. The molecule has 0 aromatic rings. The summed E-state index contributed by atoms with van der Waals surface area (Å²) in [4.78, 5) is 21.5. The van der Waals surface area contributed by atoms with Crippen LogP contribution in [-0.2, 0) is 0 Å². The molecule has 1 rings (SSSR count). The Morgan fingerprint density at radius 3 is 3.00 bits per heavy atom. The minimum absolute atomic E-state index is 0.357. The molecule has 6 heteroatoms. The first-order valence-corrected chi connectivity index (χ1v) is 3.62. The van der Waals surface area contributed by atoms with Crippen molar-refractivity contribution in [1.29, 1.82) is 0 Å². The fourth-order valence-electron chi connectivity index (χ4n) is 0.541. The van der Waals surface area contributed by atoms with Crippen LogP contribution in [0.3, 0.4) is 0 Å². The van der Waals surface area contributed by atoms with Crippen molar-refractivity contribution in [2.45, 2.75) is 0 Å². The molecular formula is C4H7N3O2S. The smallest absolute Gasteiger partial charge is 0.336 e. The third kappa shape index (κ3) is 1.15. The largest absolute Gasteiger partial charge is 0.340 e. The van der Waals surface area contributed by atoms with E-state index in [4.69, 9.17) is 0 Å². The molecule has 1 heterocycles. The first kappa shape index (κ1) is 7.20. The number of carbonyl (C=O) groups is 2. The third-order valence-corrected chi connectivity index (χ3v) is 1.86. The lowest BCUT2D eigenvalue weighted by molar-refractivity contribution is 0.215. The standard InChI is InChI=1S/C4H7N3O2S/c1-5-3(8)7-4(9)6-2-10-7/h2H2,1H3,(H,5,8)(H,6,9). The summed E-state index contributed by atoms with van der Waals surface area (Å²) in [6.45, 7) is 0. The minimum atomic E-state index is -0.389. The zero-order chi connectivity index (χ0) is 7.56. The van der Waals surface area contributed by atoms with Crippen molar-refractivity contribution >= 4 is 24.0 Å². The Morgan fingerprint density at radius 1 is 1.90 bits per heavy atom. The fourth-order valence-corrected chi connectivity index (χ4v) is 1.25. The topological polar surface area (TPSA) is 61.4 Å². The van der Waals surface area contributed by atoms with Crippen molar-refractivity contribution in [3.05, 3.63) is 0 Å². The van der Waals surface area contributed by atoms with Crippen LogP contribution in [0.25, 0.3) is 0 Å². The van der Waals surface area contributed by atoms with Crippen LogP contribution < -0.4 is 10.6 Å². The van der Waals surface area contributed by atoms with E-state index < -0.39 is 0 Å². The van der Waals surface area contributed by atoms with E-state index in [0.717, 1.165) is 16.3 Å². The van der Waals surface area contributed by atoms with Gasteiger partial charge in [-0.1, -0.05) is 0 Å². The summed E-state index contributed by atoms with van der Waals surface area (Å²) in [5, 5.41) is 4.82. The van der Waals surface area contributed by atoms with E-state index in [2.05, 4.69) is 10.6 Å². The molecular weight excluding hydrogens is 154 g/mol. The first-order valence-electron chi connectivity index (χ1n) is 2.68. The van der Waals surface area contributed by atoms with Crippen LogP contribution >= 0.6 is 11.9 Å². The van der Waals surface area contributed by atoms with Gasteiger partial charge in [-0.25, -0.2) is 9.59 Å². The Kier molecular flexibility index (Phi) is 2.00. The Bertz CT molecular complexity index is 172. The van der Waals surface area contributed by atoms with Crippen LogP contribution in [-0.4, -0.2) is 29.3 Å². The van der Waals surface area contributed by atoms with Crippen LogP contribution in [0.2, 0.25) is 0 Å². The highest BCUT2D eigenvalue weighted by molar-refractivity contribution is 7.98. The molecule has 10 heavy (non-hydrogen) atoms. The van der Waals surface area contributed by atoms with Gasteiger partial charge in [-0.15, -0.1) is 0 Å². The van der Waals surface area contributed by atoms with Gasteiger partial charge in [0.1, 0.15) is 0 Å². The molecule has 1 fully saturated rings. The fraction of sp³-hybridized carbons (Fsp3) is 0.500. The van der Waals surface area contributed by atoms with Gasteiger partial charge in [0, 0.05) is 7.05 Å². The van der Waals surface area contributed by atoms with Gasteiger partial charge in [0.15, 0.2) is 0 Å². The maximum atomic E-state index is 10.8. The molecule has 0 saturated carbocycles. The second-order valence-corrected chi connectivity index (χ2v) is 2.52. The SMILES string of the molecule is CNC(=O)N1SCNC1=O. The van der Waals surface area contributed by atoms with Gasteiger partial charge in [-0.2, -0.15) is 4.31 Å². The second-order valence-electron chi connectivity index (χ2n) is 1.60. The molecule has 0 aromatic heterocycles. The number of carbonyl (C=O) groups excluding carboxylic acids is 2. The highest BCUT2D eigenvalue weighted by Gasteiger charge is 2.26. The van der Waals surface area contributed by atoms with Gasteiger partial charge in [0.25, 0.3) is 0 Å². The molecule has 0 aliphatic carbocycles. The summed E-state index contributed by atoms with van der Waals surface area (Å²) in [7, 11) is 1.48. The summed E-state index contributed by atoms with van der Waals surface area (Å²) < 4.78 is 1.04. The lowest BCUT2D eigenvalue weighted by atomic mass is 10.8. The van der Waals surface area contributed by atoms with E-state index in [9.17, 15) is 9.59 Å². The molecule has 0 bridgehead atoms. The predicted octanol–water partition coefficient (Wildman–Crippen LogP) is -0.0433. The zero-order valence-corrected chi connectivity index (χ0v) is 6.20. The maximum Gasteiger partial charge on any atom is 0.336 e. The minimum Gasteiger partial charge on any atom is -0.340 e. The highest BCUT2D eigenvalue weighted by Crippen LogP contribution is 2.14. The van der Waals surface area contributed by atoms with E-state index in [1.165, 1.54) is 7.05 Å². The number of amides is 4. The number of nitrogens with zero attached hydrogens (tertiary/aromatic N) is 1. The Labute approximate surface area is 62.3 Å². The molecule has 0 spiro atoms. The number of rotatable bonds is 0. The van der Waals surface area contributed by atoms with Crippen molar-refractivity contribution in [2.75, 3.05) is 12.9 Å². The van der Waals surface area contributed by atoms with Crippen molar-refractivity contribution in [2.24, 2.45) is 0 Å². The second kappa shape index (κ2) is 2.78. The van der Waals surface area contributed by atoms with Crippen LogP contribution in [0.4, 0.5) is 9.59 Å². The zero-order valence-electron chi connectivity index (χ0n) is 5.38. The highest BCUT2D eigenvalue weighted by atomic mass is 32.2. The summed E-state index contributed by atoms with van der Waals surface area (Å²) in [5.74, 6) is 0.465. The average molecular weight is 161 g/mol. The lowest BCUT2D eigenvalue weighted by Gasteiger charge is -2.07. The first-order chi connectivity index (χ1) is 4.75. The van der Waals surface area contributed by atoms with Gasteiger partial charge in [0.05, 0.1) is 5.88 Å². The lowest BCUT2D eigenvalue weighted by Crippen LogP contribution is -2.36. The predicted molar refractivity (Wildman–Crippen MR) is 37.3 cm³/mol. The number of hydrogen-bond acceptors (Lipinski definition) is 3. The maximum absolute atomic E-state index is 10.8. The van der Waals surface area contributed by atoms with E-state index >= 15 is 0 Å². The Morgan fingerprint density at radius 2 is 2.60 bits per heavy atom. The molecule has 0 aromatic carbocycles. The number of nitrogens with one attached hydrogen (secondary N) is 2.